The van der Waals surface area contributed by atoms with Crippen LogP contribution in [0.1, 0.15) is 48.9 Å². The molecule has 0 spiro atoms. The van der Waals surface area contributed by atoms with Crippen LogP contribution in [0.3, 0.4) is 0 Å². The maximum Gasteiger partial charge on any atom is 0.295 e. The van der Waals surface area contributed by atoms with Crippen LogP contribution in [0.25, 0.3) is 5.76 Å². The molecule has 1 aromatic heterocycles. The molecule has 170 valence electrons. The number of carbonyl (C=O) groups excluding carboxylic acids is 2. The lowest BCUT2D eigenvalue weighted by Crippen LogP contribution is -2.31. The molecule has 0 bridgehead atoms. The summed E-state index contributed by atoms with van der Waals surface area (Å²) < 4.78 is 2.80. The van der Waals surface area contributed by atoms with Gasteiger partial charge in [-0.1, -0.05) is 66.2 Å². The highest BCUT2D eigenvalue weighted by molar-refractivity contribution is 9.10. The molecule has 1 aliphatic heterocycles. The number of nitrogens with zero attached hydrogens (tertiary/aromatic N) is 3. The molecule has 1 amide bonds. The fraction of sp³-hybridized carbons (Fsp3) is 0.269. The molecule has 33 heavy (non-hydrogen) atoms. The maximum absolute atomic E-state index is 13.1. The van der Waals surface area contributed by atoms with Gasteiger partial charge in [-0.15, -0.1) is 0 Å². The molecule has 1 aliphatic rings. The van der Waals surface area contributed by atoms with Gasteiger partial charge in [0.05, 0.1) is 17.9 Å². The predicted molar refractivity (Wildman–Crippen MR) is 131 cm³/mol. The molecule has 2 aromatic carbocycles. The Hall–Kier alpha value is -3.19. The summed E-state index contributed by atoms with van der Waals surface area (Å²) >= 11 is 3.39. The van der Waals surface area contributed by atoms with E-state index in [1.165, 1.54) is 5.56 Å². The molecule has 7 heteroatoms. The van der Waals surface area contributed by atoms with Crippen molar-refractivity contribution >= 4 is 33.4 Å². The Labute approximate surface area is 201 Å². The van der Waals surface area contributed by atoms with Crippen LogP contribution in [0.15, 0.2) is 77.3 Å². The van der Waals surface area contributed by atoms with Gasteiger partial charge >= 0.3 is 0 Å². The number of carbonyl (C=O) groups is 2. The zero-order valence-electron chi connectivity index (χ0n) is 18.6. The van der Waals surface area contributed by atoms with E-state index in [4.69, 9.17) is 0 Å². The van der Waals surface area contributed by atoms with Crippen molar-refractivity contribution in [3.63, 3.8) is 0 Å². The number of halogens is 1. The molecule has 6 nitrogen and oxygen atoms in total. The summed E-state index contributed by atoms with van der Waals surface area (Å²) in [5.41, 5.74) is 2.60. The van der Waals surface area contributed by atoms with E-state index in [0.29, 0.717) is 31.0 Å². The van der Waals surface area contributed by atoms with Crippen LogP contribution in [0, 0.1) is 0 Å². The van der Waals surface area contributed by atoms with Gasteiger partial charge in [0.15, 0.2) is 0 Å². The van der Waals surface area contributed by atoms with Gasteiger partial charge in [0, 0.05) is 35.5 Å². The van der Waals surface area contributed by atoms with Crippen LogP contribution in [-0.2, 0) is 16.1 Å². The molecular formula is C26H26BrN3O3. The van der Waals surface area contributed by atoms with Crippen molar-refractivity contribution in [1.29, 1.82) is 0 Å². The summed E-state index contributed by atoms with van der Waals surface area (Å²) in [6.07, 6.45) is 5.95. The van der Waals surface area contributed by atoms with Crippen molar-refractivity contribution in [3.8, 4) is 0 Å². The van der Waals surface area contributed by atoms with Crippen molar-refractivity contribution in [3.05, 3.63) is 94.0 Å². The van der Waals surface area contributed by atoms with Crippen molar-refractivity contribution in [2.24, 2.45) is 0 Å². The lowest BCUT2D eigenvalue weighted by molar-refractivity contribution is -0.139. The average molecular weight is 508 g/mol. The quantitative estimate of drug-likeness (QED) is 0.268. The zero-order valence-corrected chi connectivity index (χ0v) is 20.2. The summed E-state index contributed by atoms with van der Waals surface area (Å²) in [6, 6.07) is 14.3. The number of rotatable bonds is 7. The number of aryl methyl sites for hydroxylation is 1. The largest absolute Gasteiger partial charge is 0.507 e. The number of benzene rings is 2. The van der Waals surface area contributed by atoms with Gasteiger partial charge in [-0.25, -0.2) is 4.98 Å². The van der Waals surface area contributed by atoms with Crippen molar-refractivity contribution in [2.75, 3.05) is 6.54 Å². The fourth-order valence-electron chi connectivity index (χ4n) is 4.13. The van der Waals surface area contributed by atoms with E-state index in [1.54, 1.807) is 41.7 Å². The highest BCUT2D eigenvalue weighted by Gasteiger charge is 2.45. The third kappa shape index (κ3) is 4.78. The van der Waals surface area contributed by atoms with Gasteiger partial charge in [0.2, 0.25) is 0 Å². The van der Waals surface area contributed by atoms with E-state index in [2.05, 4.69) is 34.8 Å². The molecule has 0 saturated carbocycles. The van der Waals surface area contributed by atoms with Gasteiger partial charge in [-0.3, -0.25) is 9.59 Å². The van der Waals surface area contributed by atoms with E-state index >= 15 is 0 Å². The molecule has 3 aromatic rings. The highest BCUT2D eigenvalue weighted by Crippen LogP contribution is 2.40. The molecular weight excluding hydrogens is 482 g/mol. The van der Waals surface area contributed by atoms with Crippen LogP contribution < -0.4 is 0 Å². The zero-order chi connectivity index (χ0) is 23.5. The average Bonchev–Trinajstić information content (AvgIpc) is 3.41. The molecule has 1 unspecified atom stereocenters. The third-order valence-corrected chi connectivity index (χ3v) is 6.48. The number of aromatic nitrogens is 2. The first-order valence-corrected chi connectivity index (χ1v) is 11.8. The number of imidazole rings is 1. The summed E-state index contributed by atoms with van der Waals surface area (Å²) in [5.74, 6) is -1.03. The first-order chi connectivity index (χ1) is 15.9. The van der Waals surface area contributed by atoms with Crippen molar-refractivity contribution in [2.45, 2.75) is 38.8 Å². The Kier molecular flexibility index (Phi) is 6.79. The van der Waals surface area contributed by atoms with Gasteiger partial charge in [-0.2, -0.15) is 0 Å². The minimum Gasteiger partial charge on any atom is -0.507 e. The normalized spacial score (nSPS) is 17.8. The summed E-state index contributed by atoms with van der Waals surface area (Å²) in [7, 11) is 0. The second-order valence-corrected chi connectivity index (χ2v) is 9.39. The Morgan fingerprint density at radius 2 is 1.76 bits per heavy atom. The summed E-state index contributed by atoms with van der Waals surface area (Å²) in [4.78, 5) is 31.8. The number of ketones is 1. The molecule has 2 heterocycles. The van der Waals surface area contributed by atoms with E-state index < -0.39 is 17.7 Å². The van der Waals surface area contributed by atoms with E-state index in [-0.39, 0.29) is 11.3 Å². The lowest BCUT2D eigenvalue weighted by Gasteiger charge is -2.25. The van der Waals surface area contributed by atoms with Crippen molar-refractivity contribution < 1.29 is 14.7 Å². The predicted octanol–water partition coefficient (Wildman–Crippen LogP) is 5.28. The number of amides is 1. The number of aliphatic hydroxyl groups is 1. The smallest absolute Gasteiger partial charge is 0.295 e. The first kappa shape index (κ1) is 23.0. The Morgan fingerprint density at radius 3 is 2.36 bits per heavy atom. The molecule has 1 fully saturated rings. The van der Waals surface area contributed by atoms with Crippen LogP contribution in [0.2, 0.25) is 0 Å². The molecule has 0 radical (unpaired) electrons. The van der Waals surface area contributed by atoms with Crippen LogP contribution >= 0.6 is 15.9 Å². The van der Waals surface area contributed by atoms with Crippen molar-refractivity contribution in [1.82, 2.24) is 14.5 Å². The fourth-order valence-corrected chi connectivity index (χ4v) is 4.39. The van der Waals surface area contributed by atoms with Crippen LogP contribution in [-0.4, -0.2) is 37.8 Å². The van der Waals surface area contributed by atoms with E-state index in [0.717, 1.165) is 10.0 Å². The number of aliphatic hydroxyl groups excluding tert-OH is 1. The minimum absolute atomic E-state index is 0.127. The molecule has 0 aliphatic carbocycles. The lowest BCUT2D eigenvalue weighted by atomic mass is 9.93. The summed E-state index contributed by atoms with van der Waals surface area (Å²) in [5, 5.41) is 11.1. The molecule has 1 N–H and O–H groups in total. The topological polar surface area (TPSA) is 75.4 Å². The highest BCUT2D eigenvalue weighted by atomic mass is 79.9. The van der Waals surface area contributed by atoms with Gasteiger partial charge in [-0.05, 0) is 35.6 Å². The number of Topliss-reactive ketones (excluding diaryl/α,β-unsaturated/α-hetero) is 1. The SMILES string of the molecule is CC(C)c1ccc(C2/C(=C(\O)c3ccc(Br)cc3)C(=O)C(=O)N2CCCn2ccnc2)cc1. The van der Waals surface area contributed by atoms with Crippen LogP contribution in [0.5, 0.6) is 0 Å². The summed E-state index contributed by atoms with van der Waals surface area (Å²) in [6.45, 7) is 5.29. The Morgan fingerprint density at radius 1 is 1.06 bits per heavy atom. The van der Waals surface area contributed by atoms with Crippen LogP contribution in [0.4, 0.5) is 0 Å². The number of hydrogen-bond donors (Lipinski definition) is 1. The van der Waals surface area contributed by atoms with Gasteiger partial charge in [0.25, 0.3) is 11.7 Å². The maximum atomic E-state index is 13.1. The first-order valence-electron chi connectivity index (χ1n) is 11.0. The van der Waals surface area contributed by atoms with E-state index in [1.807, 2.05) is 35.0 Å². The minimum atomic E-state index is -0.656. The molecule has 1 saturated heterocycles. The van der Waals surface area contributed by atoms with E-state index in [9.17, 15) is 14.7 Å². The standard InChI is InChI=1S/C26H26BrN3O3/c1-17(2)18-4-6-19(7-5-18)23-22(24(31)20-8-10-21(27)11-9-20)25(32)26(33)30(23)14-3-13-29-15-12-28-16-29/h4-12,15-17,23,31H,3,13-14H2,1-2H3/b24-22+. The molecule has 1 atom stereocenters. The Balaban J connectivity index is 1.73. The second kappa shape index (κ2) is 9.75. The van der Waals surface area contributed by atoms with Gasteiger partial charge in [0.1, 0.15) is 5.76 Å². The monoisotopic (exact) mass is 507 g/mol. The number of likely N-dealkylation sites (tertiary alicyclic amines) is 1. The second-order valence-electron chi connectivity index (χ2n) is 8.47. The Bertz CT molecular complexity index is 1170. The number of hydrogen-bond acceptors (Lipinski definition) is 4. The third-order valence-electron chi connectivity index (χ3n) is 5.95. The van der Waals surface area contributed by atoms with Gasteiger partial charge < -0.3 is 14.6 Å². The molecule has 4 rings (SSSR count).